The van der Waals surface area contributed by atoms with Crippen LogP contribution in [0.1, 0.15) is 25.7 Å². The van der Waals surface area contributed by atoms with Gasteiger partial charge in [-0.15, -0.1) is 0 Å². The van der Waals surface area contributed by atoms with E-state index < -0.39 is 0 Å². The van der Waals surface area contributed by atoms with E-state index in [9.17, 15) is 0 Å². The van der Waals surface area contributed by atoms with Crippen LogP contribution in [0.3, 0.4) is 0 Å². The molecular weight excluding hydrogens is 360 g/mol. The predicted molar refractivity (Wildman–Crippen MR) is 82.2 cm³/mol. The molecular formula is C13H18Br2N2O. The Labute approximate surface area is 125 Å². The first kappa shape index (κ1) is 14.2. The molecule has 2 atom stereocenters. The summed E-state index contributed by atoms with van der Waals surface area (Å²) in [5.41, 5.74) is 7.08. The van der Waals surface area contributed by atoms with Crippen LogP contribution in [0.25, 0.3) is 0 Å². The predicted octanol–water partition coefficient (Wildman–Crippen LogP) is 3.90. The van der Waals surface area contributed by atoms with Crippen LogP contribution in [0.4, 0.5) is 5.69 Å². The average Bonchev–Trinajstić information content (AvgIpc) is 2.33. The molecule has 0 heterocycles. The van der Waals surface area contributed by atoms with Gasteiger partial charge in [-0.25, -0.2) is 0 Å². The van der Waals surface area contributed by atoms with Crippen LogP contribution in [0.2, 0.25) is 0 Å². The maximum absolute atomic E-state index is 6.01. The van der Waals surface area contributed by atoms with Gasteiger partial charge in [0.05, 0.1) is 17.3 Å². The number of anilines is 1. The summed E-state index contributed by atoms with van der Waals surface area (Å²) in [5.74, 6) is 0.834. The van der Waals surface area contributed by atoms with E-state index in [2.05, 4.69) is 37.2 Å². The highest BCUT2D eigenvalue weighted by Crippen LogP contribution is 2.35. The van der Waals surface area contributed by atoms with Crippen LogP contribution in [0, 0.1) is 0 Å². The fourth-order valence-corrected chi connectivity index (χ4v) is 3.65. The fourth-order valence-electron chi connectivity index (χ4n) is 2.37. The van der Waals surface area contributed by atoms with Crippen LogP contribution in [-0.2, 0) is 0 Å². The van der Waals surface area contributed by atoms with E-state index >= 15 is 0 Å². The molecule has 0 radical (unpaired) electrons. The van der Waals surface area contributed by atoms with Crippen molar-refractivity contribution in [1.29, 1.82) is 0 Å². The number of halogens is 2. The largest absolute Gasteiger partial charge is 0.495 e. The molecule has 3 nitrogen and oxygen atoms in total. The third kappa shape index (κ3) is 3.39. The summed E-state index contributed by atoms with van der Waals surface area (Å²) in [4.78, 5) is 0. The van der Waals surface area contributed by atoms with Gasteiger partial charge in [0.25, 0.3) is 0 Å². The van der Waals surface area contributed by atoms with E-state index in [-0.39, 0.29) is 0 Å². The van der Waals surface area contributed by atoms with Crippen molar-refractivity contribution in [1.82, 2.24) is 0 Å². The molecule has 0 aliphatic heterocycles. The molecule has 100 valence electrons. The highest BCUT2D eigenvalue weighted by Gasteiger charge is 2.20. The topological polar surface area (TPSA) is 47.3 Å². The van der Waals surface area contributed by atoms with Crippen molar-refractivity contribution >= 4 is 37.5 Å². The van der Waals surface area contributed by atoms with Gasteiger partial charge in [-0.2, -0.15) is 0 Å². The lowest BCUT2D eigenvalue weighted by molar-refractivity contribution is 0.406. The smallest absolute Gasteiger partial charge is 0.135 e. The van der Waals surface area contributed by atoms with Crippen LogP contribution in [-0.4, -0.2) is 19.2 Å². The Morgan fingerprint density at radius 1 is 1.28 bits per heavy atom. The molecule has 1 aliphatic carbocycles. The Balaban J connectivity index is 2.13. The Bertz CT molecular complexity index is 426. The van der Waals surface area contributed by atoms with Crippen LogP contribution in [0.5, 0.6) is 5.75 Å². The normalized spacial score (nSPS) is 23.8. The lowest BCUT2D eigenvalue weighted by Crippen LogP contribution is -2.34. The number of rotatable bonds is 3. The van der Waals surface area contributed by atoms with Crippen molar-refractivity contribution in [3.63, 3.8) is 0 Å². The van der Waals surface area contributed by atoms with Crippen LogP contribution in [0.15, 0.2) is 21.1 Å². The first-order chi connectivity index (χ1) is 8.60. The summed E-state index contributed by atoms with van der Waals surface area (Å²) < 4.78 is 7.30. The maximum atomic E-state index is 6.01. The summed E-state index contributed by atoms with van der Waals surface area (Å²) in [7, 11) is 1.67. The van der Waals surface area contributed by atoms with Crippen molar-refractivity contribution in [2.45, 2.75) is 37.8 Å². The van der Waals surface area contributed by atoms with E-state index in [0.717, 1.165) is 33.2 Å². The minimum atomic E-state index is 0.326. The van der Waals surface area contributed by atoms with E-state index in [0.29, 0.717) is 12.1 Å². The SMILES string of the molecule is COc1cc(NC2CCCC(N)C2)c(Br)cc1Br. The molecule has 2 rings (SSSR count). The minimum Gasteiger partial charge on any atom is -0.495 e. The summed E-state index contributed by atoms with van der Waals surface area (Å²) in [6.07, 6.45) is 4.55. The second-order valence-corrected chi connectivity index (χ2v) is 6.44. The van der Waals surface area contributed by atoms with Gasteiger partial charge in [-0.1, -0.05) is 0 Å². The highest BCUT2D eigenvalue weighted by atomic mass is 79.9. The molecule has 0 amide bonds. The Morgan fingerprint density at radius 3 is 2.72 bits per heavy atom. The van der Waals surface area contributed by atoms with Gasteiger partial charge in [0.2, 0.25) is 0 Å². The van der Waals surface area contributed by atoms with Crippen LogP contribution < -0.4 is 15.8 Å². The first-order valence-corrected chi connectivity index (χ1v) is 7.74. The van der Waals surface area contributed by atoms with Gasteiger partial charge in [-0.05, 0) is 63.6 Å². The number of nitrogens with two attached hydrogens (primary N) is 1. The number of hydrogen-bond donors (Lipinski definition) is 2. The molecule has 0 aromatic heterocycles. The van der Waals surface area contributed by atoms with Gasteiger partial charge >= 0.3 is 0 Å². The second kappa shape index (κ2) is 6.26. The van der Waals surface area contributed by atoms with Crippen LogP contribution >= 0.6 is 31.9 Å². The summed E-state index contributed by atoms with van der Waals surface area (Å²) in [6.45, 7) is 0. The van der Waals surface area contributed by atoms with Gasteiger partial charge in [0.15, 0.2) is 0 Å². The molecule has 0 saturated heterocycles. The Hall–Kier alpha value is -0.260. The summed E-state index contributed by atoms with van der Waals surface area (Å²) in [5, 5.41) is 3.55. The molecule has 1 aromatic carbocycles. The summed E-state index contributed by atoms with van der Waals surface area (Å²) in [6, 6.07) is 4.79. The standard InChI is InChI=1S/C13H18Br2N2O/c1-18-13-7-12(10(14)6-11(13)15)17-9-4-2-3-8(16)5-9/h6-9,17H,2-5,16H2,1H3. The molecule has 1 saturated carbocycles. The molecule has 3 N–H and O–H groups in total. The Morgan fingerprint density at radius 2 is 2.06 bits per heavy atom. The third-order valence-corrected chi connectivity index (χ3v) is 4.59. The number of methoxy groups -OCH3 is 1. The van der Waals surface area contributed by atoms with E-state index in [1.165, 1.54) is 12.8 Å². The van der Waals surface area contributed by atoms with Gasteiger partial charge in [0, 0.05) is 22.6 Å². The molecule has 5 heteroatoms. The van der Waals surface area contributed by atoms with Crippen molar-refractivity contribution in [3.05, 3.63) is 21.1 Å². The van der Waals surface area contributed by atoms with Gasteiger partial charge < -0.3 is 15.8 Å². The van der Waals surface area contributed by atoms with Crippen molar-refractivity contribution in [2.24, 2.45) is 5.73 Å². The number of benzene rings is 1. The lowest BCUT2D eigenvalue weighted by atomic mass is 9.91. The summed E-state index contributed by atoms with van der Waals surface area (Å²) >= 11 is 7.05. The zero-order valence-electron chi connectivity index (χ0n) is 10.4. The van der Waals surface area contributed by atoms with E-state index in [1.54, 1.807) is 7.11 Å². The maximum Gasteiger partial charge on any atom is 0.135 e. The lowest BCUT2D eigenvalue weighted by Gasteiger charge is -2.28. The second-order valence-electron chi connectivity index (χ2n) is 4.73. The Kier molecular flexibility index (Phi) is 4.92. The minimum absolute atomic E-state index is 0.326. The van der Waals surface area contributed by atoms with E-state index in [1.807, 2.05) is 12.1 Å². The molecule has 18 heavy (non-hydrogen) atoms. The molecule has 1 fully saturated rings. The zero-order chi connectivity index (χ0) is 13.1. The van der Waals surface area contributed by atoms with E-state index in [4.69, 9.17) is 10.5 Å². The zero-order valence-corrected chi connectivity index (χ0v) is 13.6. The quantitative estimate of drug-likeness (QED) is 0.839. The molecule has 0 spiro atoms. The number of ether oxygens (including phenoxy) is 1. The fraction of sp³-hybridized carbons (Fsp3) is 0.538. The molecule has 2 unspecified atom stereocenters. The number of nitrogens with one attached hydrogen (secondary N) is 1. The van der Waals surface area contributed by atoms with Crippen molar-refractivity contribution in [3.8, 4) is 5.75 Å². The van der Waals surface area contributed by atoms with Gasteiger partial charge in [-0.3, -0.25) is 0 Å². The molecule has 1 aromatic rings. The molecule has 1 aliphatic rings. The van der Waals surface area contributed by atoms with Gasteiger partial charge in [0.1, 0.15) is 5.75 Å². The number of hydrogen-bond acceptors (Lipinski definition) is 3. The monoisotopic (exact) mass is 376 g/mol. The van der Waals surface area contributed by atoms with Crippen molar-refractivity contribution in [2.75, 3.05) is 12.4 Å². The highest BCUT2D eigenvalue weighted by molar-refractivity contribution is 9.11. The average molecular weight is 378 g/mol. The van der Waals surface area contributed by atoms with Crippen molar-refractivity contribution < 1.29 is 4.74 Å². The first-order valence-electron chi connectivity index (χ1n) is 6.15. The third-order valence-electron chi connectivity index (χ3n) is 3.32. The molecule has 0 bridgehead atoms.